The molecule has 0 saturated carbocycles. The van der Waals surface area contributed by atoms with Crippen LogP contribution in [0, 0.1) is 0 Å². The number of amides is 3. The monoisotopic (exact) mass is 420 g/mol. The van der Waals surface area contributed by atoms with Crippen molar-refractivity contribution in [3.63, 3.8) is 0 Å². The van der Waals surface area contributed by atoms with Crippen molar-refractivity contribution in [3.8, 4) is 0 Å². The predicted molar refractivity (Wildman–Crippen MR) is 102 cm³/mol. The van der Waals surface area contributed by atoms with E-state index in [4.69, 9.17) is 5.73 Å². The van der Waals surface area contributed by atoms with Gasteiger partial charge in [0, 0.05) is 17.6 Å². The molecular weight excluding hydrogens is 396 g/mol. The van der Waals surface area contributed by atoms with Crippen LogP contribution in [0.15, 0.2) is 28.7 Å². The van der Waals surface area contributed by atoms with E-state index >= 15 is 0 Å². The Labute approximate surface area is 157 Å². The van der Waals surface area contributed by atoms with Gasteiger partial charge in [-0.25, -0.2) is 4.79 Å². The first-order valence-corrected chi connectivity index (χ1v) is 8.62. The second-order valence-corrected chi connectivity index (χ2v) is 6.14. The average Bonchev–Trinajstić information content (AvgIpc) is 2.54. The van der Waals surface area contributed by atoms with E-state index in [0.717, 1.165) is 22.9 Å². The van der Waals surface area contributed by atoms with Gasteiger partial charge in [0.25, 0.3) is 0 Å². The molecule has 1 aromatic rings. The highest BCUT2D eigenvalue weighted by Crippen LogP contribution is 2.10. The van der Waals surface area contributed by atoms with E-state index in [1.54, 1.807) is 0 Å². The Kier molecular flexibility index (Phi) is 12.3. The number of hydrogen-bond donors (Lipinski definition) is 4. The minimum atomic E-state index is -0.525. The van der Waals surface area contributed by atoms with Crippen molar-refractivity contribution in [1.29, 1.82) is 0 Å². The molecule has 1 atom stereocenters. The van der Waals surface area contributed by atoms with Crippen molar-refractivity contribution in [2.45, 2.75) is 38.8 Å². The fraction of sp³-hybridized carbons (Fsp3) is 0.500. The summed E-state index contributed by atoms with van der Waals surface area (Å²) in [4.78, 5) is 24.0. The Morgan fingerprint density at radius 3 is 2.46 bits per heavy atom. The third-order valence-corrected chi connectivity index (χ3v) is 3.77. The molecule has 6 nitrogen and oxygen atoms in total. The van der Waals surface area contributed by atoms with Crippen molar-refractivity contribution >= 4 is 40.3 Å². The number of nitrogens with one attached hydrogen (secondary N) is 3. The molecule has 5 N–H and O–H groups in total. The molecule has 24 heavy (non-hydrogen) atoms. The van der Waals surface area contributed by atoms with E-state index in [-0.39, 0.29) is 24.3 Å². The number of urea groups is 1. The first-order chi connectivity index (χ1) is 11.1. The van der Waals surface area contributed by atoms with Crippen LogP contribution in [-0.4, -0.2) is 31.1 Å². The number of halogens is 2. The van der Waals surface area contributed by atoms with Gasteiger partial charge in [-0.1, -0.05) is 41.4 Å². The topological polar surface area (TPSA) is 96.2 Å². The normalized spacial score (nSPS) is 11.1. The molecule has 0 spiro atoms. The molecule has 0 aliphatic carbocycles. The number of nitrogens with two attached hydrogens (primary N) is 1. The van der Waals surface area contributed by atoms with Gasteiger partial charge < -0.3 is 21.7 Å². The van der Waals surface area contributed by atoms with Gasteiger partial charge in [-0.2, -0.15) is 0 Å². The van der Waals surface area contributed by atoms with Crippen molar-refractivity contribution in [2.24, 2.45) is 5.73 Å². The summed E-state index contributed by atoms with van der Waals surface area (Å²) in [6.45, 7) is 3.44. The van der Waals surface area contributed by atoms with Crippen LogP contribution >= 0.6 is 28.3 Å². The van der Waals surface area contributed by atoms with Crippen LogP contribution in [0.25, 0.3) is 0 Å². The lowest BCUT2D eigenvalue weighted by atomic mass is 10.1. The molecule has 136 valence electrons. The van der Waals surface area contributed by atoms with Gasteiger partial charge in [0.15, 0.2) is 0 Å². The minimum absolute atomic E-state index is 0. The molecule has 0 aliphatic rings. The maximum atomic E-state index is 12.1. The highest BCUT2D eigenvalue weighted by atomic mass is 79.9. The Morgan fingerprint density at radius 1 is 1.21 bits per heavy atom. The second-order valence-electron chi connectivity index (χ2n) is 5.23. The van der Waals surface area contributed by atoms with Gasteiger partial charge in [-0.3, -0.25) is 4.79 Å². The summed E-state index contributed by atoms with van der Waals surface area (Å²) in [6.07, 6.45) is 2.13. The number of carbonyl (C=O) groups is 2. The van der Waals surface area contributed by atoms with E-state index in [0.29, 0.717) is 26.1 Å². The number of hydrogen-bond acceptors (Lipinski definition) is 3. The standard InChI is InChI=1S/C16H25BrN4O2.ClH/c1-2-4-14(15(22)19-10-3-9-18)21-16(23)20-11-12-5-7-13(17)8-6-12;/h5-8,14H,2-4,9-11,18H2,1H3,(H,19,22)(H2,20,21,23);1H. The molecule has 3 amide bonds. The highest BCUT2D eigenvalue weighted by molar-refractivity contribution is 9.10. The molecule has 0 radical (unpaired) electrons. The first-order valence-electron chi connectivity index (χ1n) is 7.83. The molecule has 0 fully saturated rings. The second kappa shape index (κ2) is 13.0. The Balaban J connectivity index is 0.00000529. The van der Waals surface area contributed by atoms with Crippen LogP contribution in [-0.2, 0) is 11.3 Å². The van der Waals surface area contributed by atoms with Crippen LogP contribution in [0.1, 0.15) is 31.7 Å². The lowest BCUT2D eigenvalue weighted by Crippen LogP contribution is -2.50. The van der Waals surface area contributed by atoms with Crippen molar-refractivity contribution in [1.82, 2.24) is 16.0 Å². The van der Waals surface area contributed by atoms with Gasteiger partial charge in [0.1, 0.15) is 6.04 Å². The first kappa shape index (κ1) is 22.7. The molecule has 0 heterocycles. The van der Waals surface area contributed by atoms with Gasteiger partial charge in [0.2, 0.25) is 5.91 Å². The lowest BCUT2D eigenvalue weighted by molar-refractivity contribution is -0.123. The summed E-state index contributed by atoms with van der Waals surface area (Å²) in [5.41, 5.74) is 6.39. The molecule has 1 unspecified atom stereocenters. The van der Waals surface area contributed by atoms with Gasteiger partial charge in [0.05, 0.1) is 0 Å². The molecule has 0 saturated heterocycles. The number of carbonyl (C=O) groups excluding carboxylic acids is 2. The van der Waals surface area contributed by atoms with E-state index in [9.17, 15) is 9.59 Å². The summed E-state index contributed by atoms with van der Waals surface area (Å²) < 4.78 is 0.989. The number of rotatable bonds is 9. The smallest absolute Gasteiger partial charge is 0.315 e. The van der Waals surface area contributed by atoms with E-state index in [1.165, 1.54) is 0 Å². The fourth-order valence-electron chi connectivity index (χ4n) is 1.99. The quantitative estimate of drug-likeness (QED) is 0.461. The maximum absolute atomic E-state index is 12.1. The van der Waals surface area contributed by atoms with Crippen molar-refractivity contribution in [2.75, 3.05) is 13.1 Å². The predicted octanol–water partition coefficient (Wildman–Crippen LogP) is 2.30. The number of benzene rings is 1. The Hall–Kier alpha value is -1.31. The summed E-state index contributed by atoms with van der Waals surface area (Å²) in [6, 6.07) is 6.81. The maximum Gasteiger partial charge on any atom is 0.315 e. The molecule has 0 aliphatic heterocycles. The third kappa shape index (κ3) is 9.10. The van der Waals surface area contributed by atoms with Crippen LogP contribution < -0.4 is 21.7 Å². The van der Waals surface area contributed by atoms with Crippen LogP contribution in [0.4, 0.5) is 4.79 Å². The summed E-state index contributed by atoms with van der Waals surface area (Å²) in [5, 5.41) is 8.27. The van der Waals surface area contributed by atoms with Gasteiger partial charge in [-0.05, 0) is 37.1 Å². The van der Waals surface area contributed by atoms with Crippen molar-refractivity contribution in [3.05, 3.63) is 34.3 Å². The highest BCUT2D eigenvalue weighted by Gasteiger charge is 2.19. The molecule has 0 bridgehead atoms. The molecule has 0 aromatic heterocycles. The molecule has 8 heteroatoms. The zero-order valence-electron chi connectivity index (χ0n) is 13.8. The summed E-state index contributed by atoms with van der Waals surface area (Å²) >= 11 is 3.37. The molecule has 1 rings (SSSR count). The van der Waals surface area contributed by atoms with Crippen LogP contribution in [0.2, 0.25) is 0 Å². The third-order valence-electron chi connectivity index (χ3n) is 3.25. The lowest BCUT2D eigenvalue weighted by Gasteiger charge is -2.18. The molecular formula is C16H26BrClN4O2. The van der Waals surface area contributed by atoms with Gasteiger partial charge in [-0.15, -0.1) is 12.4 Å². The minimum Gasteiger partial charge on any atom is -0.354 e. The van der Waals surface area contributed by atoms with E-state index in [2.05, 4.69) is 31.9 Å². The van der Waals surface area contributed by atoms with Crippen molar-refractivity contribution < 1.29 is 9.59 Å². The van der Waals surface area contributed by atoms with Crippen LogP contribution in [0.5, 0.6) is 0 Å². The average molecular weight is 422 g/mol. The molecule has 1 aromatic carbocycles. The Bertz CT molecular complexity index is 499. The zero-order valence-corrected chi connectivity index (χ0v) is 16.2. The summed E-state index contributed by atoms with van der Waals surface area (Å²) in [7, 11) is 0. The fourth-order valence-corrected chi connectivity index (χ4v) is 2.25. The van der Waals surface area contributed by atoms with E-state index in [1.807, 2.05) is 31.2 Å². The Morgan fingerprint density at radius 2 is 1.88 bits per heavy atom. The van der Waals surface area contributed by atoms with Crippen LogP contribution in [0.3, 0.4) is 0 Å². The zero-order chi connectivity index (χ0) is 17.1. The largest absolute Gasteiger partial charge is 0.354 e. The van der Waals surface area contributed by atoms with Gasteiger partial charge >= 0.3 is 6.03 Å². The summed E-state index contributed by atoms with van der Waals surface area (Å²) in [5.74, 6) is -0.168. The van der Waals surface area contributed by atoms with E-state index < -0.39 is 6.04 Å². The SMILES string of the molecule is CCCC(NC(=O)NCc1ccc(Br)cc1)C(=O)NCCCN.Cl.